The molecule has 2 aliphatic rings. The van der Waals surface area contributed by atoms with Crippen LogP contribution < -0.4 is 20.1 Å². The van der Waals surface area contributed by atoms with Gasteiger partial charge in [-0.1, -0.05) is 44.2 Å². The Morgan fingerprint density at radius 1 is 1.19 bits per heavy atom. The summed E-state index contributed by atoms with van der Waals surface area (Å²) in [6.45, 7) is 9.15. The van der Waals surface area contributed by atoms with E-state index < -0.39 is 0 Å². The zero-order valence-electron chi connectivity index (χ0n) is 19.3. The molecule has 1 aromatic carbocycles. The van der Waals surface area contributed by atoms with E-state index >= 15 is 0 Å². The Bertz CT molecular complexity index is 988. The number of nitriles is 1. The number of aromatic nitrogens is 1. The number of rotatable bonds is 7. The number of amides is 1. The number of benzene rings is 1. The van der Waals surface area contributed by atoms with Crippen molar-refractivity contribution in [1.82, 2.24) is 5.32 Å². The molecule has 2 aromatic rings. The number of carbonyl (C=O) groups excluding carboxylic acids is 1. The Labute approximate surface area is 191 Å². The average molecular weight is 434 g/mol. The highest BCUT2D eigenvalue weighted by Gasteiger charge is 2.34. The molecule has 2 heterocycles. The number of anilines is 1. The van der Waals surface area contributed by atoms with Gasteiger partial charge in [0, 0.05) is 12.5 Å². The molecule has 1 aliphatic heterocycles. The molecule has 1 saturated heterocycles. The van der Waals surface area contributed by atoms with Gasteiger partial charge >= 0.3 is 0 Å². The number of carbonyl (C=O) groups is 1. The normalized spacial score (nSPS) is 16.1. The SMILES string of the molecule is CC(C)c1[nH+]c(N2CC[NH+](CC(=O)NCCc3ccccc3)CC2)c(C#N)c2c1CCC2. The van der Waals surface area contributed by atoms with E-state index in [9.17, 15) is 10.1 Å². The van der Waals surface area contributed by atoms with Gasteiger partial charge in [-0.2, -0.15) is 5.26 Å². The number of piperazine rings is 1. The fourth-order valence-corrected chi connectivity index (χ4v) is 5.08. The second kappa shape index (κ2) is 10.1. The highest BCUT2D eigenvalue weighted by atomic mass is 16.2. The molecule has 32 heavy (non-hydrogen) atoms. The van der Waals surface area contributed by atoms with Crippen molar-refractivity contribution < 1.29 is 14.7 Å². The second-order valence-electron chi connectivity index (χ2n) is 9.34. The summed E-state index contributed by atoms with van der Waals surface area (Å²) in [4.78, 5) is 19.7. The van der Waals surface area contributed by atoms with Crippen molar-refractivity contribution >= 4 is 11.7 Å². The highest BCUT2D eigenvalue weighted by Crippen LogP contribution is 2.33. The molecule has 168 valence electrons. The summed E-state index contributed by atoms with van der Waals surface area (Å²) in [6, 6.07) is 12.7. The smallest absolute Gasteiger partial charge is 0.293 e. The average Bonchev–Trinajstić information content (AvgIpc) is 3.29. The molecule has 4 rings (SSSR count). The summed E-state index contributed by atoms with van der Waals surface area (Å²) in [7, 11) is 0. The summed E-state index contributed by atoms with van der Waals surface area (Å²) in [6.07, 6.45) is 4.08. The summed E-state index contributed by atoms with van der Waals surface area (Å²) in [5.74, 6) is 1.52. The van der Waals surface area contributed by atoms with Crippen molar-refractivity contribution in [2.24, 2.45) is 0 Å². The van der Waals surface area contributed by atoms with Crippen molar-refractivity contribution in [2.45, 2.75) is 45.4 Å². The maximum atomic E-state index is 12.4. The molecule has 0 bridgehead atoms. The van der Waals surface area contributed by atoms with E-state index in [1.807, 2.05) is 18.2 Å². The lowest BCUT2D eigenvalue weighted by molar-refractivity contribution is -0.892. The number of quaternary nitrogens is 1. The molecule has 6 nitrogen and oxygen atoms in total. The number of aromatic amines is 1. The van der Waals surface area contributed by atoms with Crippen LogP contribution in [0.5, 0.6) is 0 Å². The van der Waals surface area contributed by atoms with Crippen LogP contribution in [0.15, 0.2) is 30.3 Å². The van der Waals surface area contributed by atoms with Gasteiger partial charge in [-0.25, -0.2) is 9.88 Å². The first-order valence-electron chi connectivity index (χ1n) is 12.0. The van der Waals surface area contributed by atoms with Gasteiger partial charge in [0.1, 0.15) is 43.5 Å². The third-order valence-electron chi connectivity index (χ3n) is 6.80. The maximum absolute atomic E-state index is 12.4. The fourth-order valence-electron chi connectivity index (χ4n) is 5.08. The zero-order chi connectivity index (χ0) is 22.5. The monoisotopic (exact) mass is 433 g/mol. The highest BCUT2D eigenvalue weighted by molar-refractivity contribution is 5.76. The molecule has 6 heteroatoms. The zero-order valence-corrected chi connectivity index (χ0v) is 19.3. The van der Waals surface area contributed by atoms with E-state index in [0.29, 0.717) is 19.0 Å². The van der Waals surface area contributed by atoms with Crippen molar-refractivity contribution in [3.05, 3.63) is 58.3 Å². The summed E-state index contributed by atoms with van der Waals surface area (Å²) in [5.41, 5.74) is 6.01. The predicted molar refractivity (Wildman–Crippen MR) is 125 cm³/mol. The molecule has 0 unspecified atom stereocenters. The van der Waals surface area contributed by atoms with Crippen LogP contribution in [0, 0.1) is 11.3 Å². The summed E-state index contributed by atoms with van der Waals surface area (Å²) in [5, 5.41) is 13.0. The standard InChI is InChI=1S/C26H33N5O/c1-19(2)25-22-10-6-9-21(22)23(17-27)26(29-25)31-15-13-30(14-16-31)18-24(32)28-12-11-20-7-4-3-5-8-20/h3-5,7-8,19H,6,9-16,18H2,1-2H3,(H,28,32)/p+2. The Kier molecular flexibility index (Phi) is 7.06. The molecule has 1 aromatic heterocycles. The lowest BCUT2D eigenvalue weighted by atomic mass is 9.97. The Hall–Kier alpha value is -2.91. The maximum Gasteiger partial charge on any atom is 0.293 e. The van der Waals surface area contributed by atoms with Crippen LogP contribution in [-0.2, 0) is 24.1 Å². The number of nitrogens with zero attached hydrogens (tertiary/aromatic N) is 2. The van der Waals surface area contributed by atoms with Gasteiger partial charge in [0.2, 0.25) is 0 Å². The number of fused-ring (bicyclic) bond motifs is 1. The minimum atomic E-state index is 0.119. The summed E-state index contributed by atoms with van der Waals surface area (Å²) >= 11 is 0. The first-order valence-corrected chi connectivity index (χ1v) is 12.0. The molecule has 0 radical (unpaired) electrons. The van der Waals surface area contributed by atoms with Gasteiger partial charge < -0.3 is 10.2 Å². The van der Waals surface area contributed by atoms with Gasteiger partial charge in [-0.15, -0.1) is 0 Å². The molecule has 1 amide bonds. The lowest BCUT2D eigenvalue weighted by Gasteiger charge is -2.29. The largest absolute Gasteiger partial charge is 0.351 e. The summed E-state index contributed by atoms with van der Waals surface area (Å²) < 4.78 is 0. The topological polar surface area (TPSA) is 74.7 Å². The van der Waals surface area contributed by atoms with Crippen LogP contribution >= 0.6 is 0 Å². The van der Waals surface area contributed by atoms with Crippen LogP contribution in [-0.4, -0.2) is 45.2 Å². The van der Waals surface area contributed by atoms with Gasteiger partial charge in [0.25, 0.3) is 11.7 Å². The van der Waals surface area contributed by atoms with Crippen LogP contribution in [0.25, 0.3) is 0 Å². The van der Waals surface area contributed by atoms with E-state index in [4.69, 9.17) is 0 Å². The van der Waals surface area contributed by atoms with Crippen molar-refractivity contribution in [2.75, 3.05) is 44.2 Å². The molecular formula is C26H35N5O+2. The van der Waals surface area contributed by atoms with E-state index in [-0.39, 0.29) is 5.91 Å². The van der Waals surface area contributed by atoms with Crippen molar-refractivity contribution in [3.63, 3.8) is 0 Å². The van der Waals surface area contributed by atoms with Gasteiger partial charge in [-0.05, 0) is 42.4 Å². The van der Waals surface area contributed by atoms with Crippen molar-refractivity contribution in [1.29, 1.82) is 5.26 Å². The molecule has 3 N–H and O–H groups in total. The Balaban J connectivity index is 1.33. The second-order valence-corrected chi connectivity index (χ2v) is 9.34. The Morgan fingerprint density at radius 2 is 1.91 bits per heavy atom. The lowest BCUT2D eigenvalue weighted by Crippen LogP contribution is -3.16. The van der Waals surface area contributed by atoms with Crippen LogP contribution in [0.4, 0.5) is 5.82 Å². The van der Waals surface area contributed by atoms with Crippen LogP contribution in [0.1, 0.15) is 54.1 Å². The van der Waals surface area contributed by atoms with Gasteiger partial charge in [0.15, 0.2) is 6.54 Å². The first-order chi connectivity index (χ1) is 15.6. The minimum absolute atomic E-state index is 0.119. The van der Waals surface area contributed by atoms with Gasteiger partial charge in [0.05, 0.1) is 0 Å². The Morgan fingerprint density at radius 3 is 2.59 bits per heavy atom. The number of pyridine rings is 1. The van der Waals surface area contributed by atoms with E-state index in [1.54, 1.807) is 0 Å². The molecule has 0 atom stereocenters. The number of hydrogen-bond acceptors (Lipinski definition) is 3. The van der Waals surface area contributed by atoms with E-state index in [2.05, 4.69) is 47.3 Å². The number of nitrogens with one attached hydrogen (secondary N) is 3. The first kappa shape index (κ1) is 22.3. The fraction of sp³-hybridized carbons (Fsp3) is 0.500. The van der Waals surface area contributed by atoms with Crippen LogP contribution in [0.2, 0.25) is 0 Å². The van der Waals surface area contributed by atoms with Crippen molar-refractivity contribution in [3.8, 4) is 6.07 Å². The van der Waals surface area contributed by atoms with Gasteiger partial charge in [-0.3, -0.25) is 4.79 Å². The molecule has 1 aliphatic carbocycles. The number of H-pyrrole nitrogens is 1. The predicted octanol–water partition coefficient (Wildman–Crippen LogP) is 1.05. The third-order valence-corrected chi connectivity index (χ3v) is 6.80. The quantitative estimate of drug-likeness (QED) is 0.685. The molecule has 1 fully saturated rings. The minimum Gasteiger partial charge on any atom is -0.351 e. The molecular weight excluding hydrogens is 398 g/mol. The third kappa shape index (κ3) is 4.94. The van der Waals surface area contributed by atoms with E-state index in [0.717, 1.165) is 63.2 Å². The van der Waals surface area contributed by atoms with E-state index in [1.165, 1.54) is 27.3 Å². The molecule has 0 spiro atoms. The van der Waals surface area contributed by atoms with Crippen LogP contribution in [0.3, 0.4) is 0 Å². The number of hydrogen-bond donors (Lipinski definition) is 2. The molecule has 0 saturated carbocycles.